The van der Waals surface area contributed by atoms with Crippen molar-refractivity contribution in [1.82, 2.24) is 4.90 Å². The predicted octanol–water partition coefficient (Wildman–Crippen LogP) is 4.59. The molecule has 0 aliphatic carbocycles. The van der Waals surface area contributed by atoms with Crippen molar-refractivity contribution in [1.29, 1.82) is 0 Å². The highest BCUT2D eigenvalue weighted by Crippen LogP contribution is 2.46. The Morgan fingerprint density at radius 3 is 2.37 bits per heavy atom. The topological polar surface area (TPSA) is 41.9 Å². The van der Waals surface area contributed by atoms with Crippen molar-refractivity contribution < 1.29 is 19.0 Å². The van der Waals surface area contributed by atoms with Gasteiger partial charge in [-0.25, -0.2) is 4.39 Å². The zero-order chi connectivity index (χ0) is 21.3. The summed E-state index contributed by atoms with van der Waals surface area (Å²) in [5, 5.41) is 11.4. The Labute approximate surface area is 177 Å². The normalized spacial score (nSPS) is 25.9. The summed E-state index contributed by atoms with van der Waals surface area (Å²) in [6.07, 6.45) is 6.06. The van der Waals surface area contributed by atoms with Gasteiger partial charge in [0.2, 0.25) is 0 Å². The van der Waals surface area contributed by atoms with Gasteiger partial charge in [0, 0.05) is 24.2 Å². The lowest BCUT2D eigenvalue weighted by Crippen LogP contribution is -2.49. The lowest BCUT2D eigenvalue weighted by atomic mass is 9.80. The van der Waals surface area contributed by atoms with Gasteiger partial charge in [-0.2, -0.15) is 0 Å². The Balaban J connectivity index is 1.56. The van der Waals surface area contributed by atoms with Crippen LogP contribution in [-0.4, -0.2) is 36.3 Å². The summed E-state index contributed by atoms with van der Waals surface area (Å²) in [6, 6.07) is 11.1. The van der Waals surface area contributed by atoms with Gasteiger partial charge in [0.1, 0.15) is 5.82 Å². The fraction of sp³-hybridized carbons (Fsp3) is 0.440. The molecule has 2 fully saturated rings. The van der Waals surface area contributed by atoms with Gasteiger partial charge < -0.3 is 14.6 Å². The standard InChI is InChI=1S/C25H30FNO3/c1-4-5-18-12-17(13-23(29-2)24(18)30-3)16-27-21-10-11-22(27)15-25(28,14-21)19-6-8-20(26)9-7-19/h4,6-9,12-13,21-22,28H,1,5,10-11,14-16H2,2-3H3/t21-,22-/m0/s1. The third-order valence-corrected chi connectivity index (χ3v) is 6.64. The van der Waals surface area contributed by atoms with E-state index in [4.69, 9.17) is 9.47 Å². The third kappa shape index (κ3) is 3.84. The quantitative estimate of drug-likeness (QED) is 0.677. The number of halogens is 1. The Bertz CT molecular complexity index is 897. The molecule has 2 aliphatic rings. The van der Waals surface area contributed by atoms with Gasteiger partial charge in [0.05, 0.1) is 19.8 Å². The Kier molecular flexibility index (Phi) is 5.85. The van der Waals surface area contributed by atoms with E-state index < -0.39 is 5.60 Å². The van der Waals surface area contributed by atoms with E-state index in [2.05, 4.69) is 17.5 Å². The molecule has 1 N–H and O–H groups in total. The molecule has 5 heteroatoms. The lowest BCUT2D eigenvalue weighted by molar-refractivity contribution is -0.0595. The van der Waals surface area contributed by atoms with E-state index in [-0.39, 0.29) is 5.82 Å². The van der Waals surface area contributed by atoms with Crippen LogP contribution < -0.4 is 9.47 Å². The molecule has 4 rings (SSSR count). The minimum Gasteiger partial charge on any atom is -0.493 e. The van der Waals surface area contributed by atoms with E-state index in [0.29, 0.717) is 31.3 Å². The van der Waals surface area contributed by atoms with Crippen LogP contribution in [0.1, 0.15) is 42.4 Å². The maximum atomic E-state index is 13.3. The number of allylic oxidation sites excluding steroid dienone is 1. The number of benzene rings is 2. The zero-order valence-corrected chi connectivity index (χ0v) is 17.7. The number of piperidine rings is 1. The van der Waals surface area contributed by atoms with E-state index in [9.17, 15) is 9.50 Å². The second kappa shape index (κ2) is 8.40. The molecule has 2 bridgehead atoms. The SMILES string of the molecule is C=CCc1cc(CN2[C@H]3CC[C@H]2CC(O)(c2ccc(F)cc2)C3)cc(OC)c1OC. The lowest BCUT2D eigenvalue weighted by Gasteiger charge is -2.44. The Morgan fingerprint density at radius 1 is 1.13 bits per heavy atom. The molecule has 0 unspecified atom stereocenters. The van der Waals surface area contributed by atoms with E-state index in [1.165, 1.54) is 17.7 Å². The summed E-state index contributed by atoms with van der Waals surface area (Å²) in [6.45, 7) is 4.66. The molecule has 160 valence electrons. The summed E-state index contributed by atoms with van der Waals surface area (Å²) in [5.74, 6) is 1.22. The van der Waals surface area contributed by atoms with Crippen molar-refractivity contribution in [3.63, 3.8) is 0 Å². The summed E-state index contributed by atoms with van der Waals surface area (Å²) in [7, 11) is 3.32. The highest BCUT2D eigenvalue weighted by molar-refractivity contribution is 5.50. The molecule has 0 aromatic heterocycles. The number of nitrogens with zero attached hydrogens (tertiary/aromatic N) is 1. The molecule has 2 aromatic carbocycles. The molecule has 2 heterocycles. The molecular formula is C25H30FNO3. The van der Waals surface area contributed by atoms with Crippen LogP contribution in [0.25, 0.3) is 0 Å². The molecule has 2 aliphatic heterocycles. The molecule has 30 heavy (non-hydrogen) atoms. The molecule has 0 spiro atoms. The number of hydrogen-bond donors (Lipinski definition) is 1. The highest BCUT2D eigenvalue weighted by atomic mass is 19.1. The van der Waals surface area contributed by atoms with E-state index >= 15 is 0 Å². The van der Waals surface area contributed by atoms with E-state index in [1.54, 1.807) is 26.4 Å². The fourth-order valence-corrected chi connectivity index (χ4v) is 5.29. The molecule has 2 saturated heterocycles. The average molecular weight is 412 g/mol. The van der Waals surface area contributed by atoms with Crippen LogP contribution >= 0.6 is 0 Å². The predicted molar refractivity (Wildman–Crippen MR) is 115 cm³/mol. The number of hydrogen-bond acceptors (Lipinski definition) is 4. The summed E-state index contributed by atoms with van der Waals surface area (Å²) >= 11 is 0. The third-order valence-electron chi connectivity index (χ3n) is 6.64. The summed E-state index contributed by atoms with van der Waals surface area (Å²) < 4.78 is 24.5. The number of ether oxygens (including phenoxy) is 2. The first kappa shape index (κ1) is 20.9. The fourth-order valence-electron chi connectivity index (χ4n) is 5.29. The highest BCUT2D eigenvalue weighted by Gasteiger charge is 2.48. The van der Waals surface area contributed by atoms with Crippen LogP contribution in [0.2, 0.25) is 0 Å². The second-order valence-corrected chi connectivity index (χ2v) is 8.49. The first-order valence-electron chi connectivity index (χ1n) is 10.6. The monoisotopic (exact) mass is 411 g/mol. The largest absolute Gasteiger partial charge is 0.493 e. The molecule has 4 nitrogen and oxygen atoms in total. The van der Waals surface area contributed by atoms with Gasteiger partial charge in [0.25, 0.3) is 0 Å². The minimum atomic E-state index is -0.887. The van der Waals surface area contributed by atoms with Crippen LogP contribution in [-0.2, 0) is 18.6 Å². The van der Waals surface area contributed by atoms with Crippen molar-refractivity contribution in [2.45, 2.75) is 56.3 Å². The average Bonchev–Trinajstić information content (AvgIpc) is 2.97. The molecule has 0 saturated carbocycles. The number of rotatable bonds is 7. The van der Waals surface area contributed by atoms with Gasteiger partial charge in [0.15, 0.2) is 11.5 Å². The van der Waals surface area contributed by atoms with Crippen LogP contribution in [0.15, 0.2) is 49.1 Å². The Hall–Kier alpha value is -2.37. The van der Waals surface area contributed by atoms with E-state index in [0.717, 1.165) is 42.0 Å². The maximum absolute atomic E-state index is 13.3. The van der Waals surface area contributed by atoms with Crippen molar-refractivity contribution in [2.75, 3.05) is 14.2 Å². The second-order valence-electron chi connectivity index (χ2n) is 8.49. The van der Waals surface area contributed by atoms with Gasteiger partial charge >= 0.3 is 0 Å². The van der Waals surface area contributed by atoms with Gasteiger partial charge in [-0.3, -0.25) is 4.90 Å². The first-order valence-corrected chi connectivity index (χ1v) is 10.6. The van der Waals surface area contributed by atoms with Gasteiger partial charge in [-0.15, -0.1) is 6.58 Å². The molecule has 2 atom stereocenters. The number of fused-ring (bicyclic) bond motifs is 2. The summed E-state index contributed by atoms with van der Waals surface area (Å²) in [5.41, 5.74) is 2.17. The van der Waals surface area contributed by atoms with E-state index in [1.807, 2.05) is 12.1 Å². The van der Waals surface area contributed by atoms with Crippen LogP contribution in [0.3, 0.4) is 0 Å². The molecule has 2 aromatic rings. The van der Waals surface area contributed by atoms with Crippen LogP contribution in [0, 0.1) is 5.82 Å². The van der Waals surface area contributed by atoms with Crippen molar-refractivity contribution in [3.8, 4) is 11.5 Å². The smallest absolute Gasteiger partial charge is 0.164 e. The van der Waals surface area contributed by atoms with Crippen LogP contribution in [0.5, 0.6) is 11.5 Å². The molecule has 0 radical (unpaired) electrons. The van der Waals surface area contributed by atoms with Crippen molar-refractivity contribution in [3.05, 3.63) is 71.6 Å². The number of methoxy groups -OCH3 is 2. The van der Waals surface area contributed by atoms with Crippen molar-refractivity contribution in [2.24, 2.45) is 0 Å². The minimum absolute atomic E-state index is 0.272. The number of aliphatic hydroxyl groups is 1. The molecular weight excluding hydrogens is 381 g/mol. The molecule has 0 amide bonds. The first-order chi connectivity index (χ1) is 14.5. The maximum Gasteiger partial charge on any atom is 0.164 e. The summed E-state index contributed by atoms with van der Waals surface area (Å²) in [4.78, 5) is 2.51. The zero-order valence-electron chi connectivity index (χ0n) is 17.7. The Morgan fingerprint density at radius 2 is 1.80 bits per heavy atom. The van der Waals surface area contributed by atoms with Crippen LogP contribution in [0.4, 0.5) is 4.39 Å². The van der Waals surface area contributed by atoms with Gasteiger partial charge in [-0.1, -0.05) is 24.3 Å². The van der Waals surface area contributed by atoms with Gasteiger partial charge in [-0.05, 0) is 61.4 Å². The van der Waals surface area contributed by atoms with Crippen molar-refractivity contribution >= 4 is 0 Å².